The standard InChI is InChI=1S/C21H24N4O3/c1-11-7-13(3)14(8-12(11)2)10-22-25-20(26)19-18(24-21(25)27)16-9-15(28-4)5-6-17(16)23-19/h5-6,9-10,13-14,23H,7-8H2,1-4H3,(H,24,27)/b22-10-/t13-,14-/m0/s1. The van der Waals surface area contributed by atoms with Crippen molar-refractivity contribution in [2.24, 2.45) is 16.9 Å². The van der Waals surface area contributed by atoms with E-state index in [4.69, 9.17) is 4.74 Å². The number of nitrogens with zero attached hydrogens (tertiary/aromatic N) is 2. The number of benzene rings is 1. The minimum atomic E-state index is -0.552. The van der Waals surface area contributed by atoms with Crippen molar-refractivity contribution in [3.63, 3.8) is 0 Å². The number of fused-ring (bicyclic) bond motifs is 3. The SMILES string of the molecule is COc1ccc2[nH]c3c(=O)n(/N=C\[C@@H]4CC(C)=C(C)C[C@@H]4C)c(=O)[nH]c3c2c1. The second kappa shape index (κ2) is 6.82. The Labute approximate surface area is 161 Å². The number of aromatic nitrogens is 3. The molecule has 7 nitrogen and oxygen atoms in total. The molecular formula is C21H24N4O3. The van der Waals surface area contributed by atoms with Gasteiger partial charge in [-0.15, -0.1) is 4.68 Å². The summed E-state index contributed by atoms with van der Waals surface area (Å²) >= 11 is 0. The number of nitrogens with one attached hydrogen (secondary N) is 2. The van der Waals surface area contributed by atoms with E-state index >= 15 is 0 Å². The first-order valence-corrected chi connectivity index (χ1v) is 9.43. The van der Waals surface area contributed by atoms with Crippen LogP contribution in [0.1, 0.15) is 33.6 Å². The third-order valence-corrected chi connectivity index (χ3v) is 5.84. The number of hydrogen-bond donors (Lipinski definition) is 2. The maximum absolute atomic E-state index is 12.9. The summed E-state index contributed by atoms with van der Waals surface area (Å²) in [6.07, 6.45) is 3.66. The summed E-state index contributed by atoms with van der Waals surface area (Å²) in [6, 6.07) is 5.41. The van der Waals surface area contributed by atoms with Gasteiger partial charge < -0.3 is 14.7 Å². The van der Waals surface area contributed by atoms with Crippen LogP contribution in [0.25, 0.3) is 21.9 Å². The molecule has 0 amide bonds. The first-order valence-electron chi connectivity index (χ1n) is 9.43. The Bertz CT molecular complexity index is 1240. The first-order chi connectivity index (χ1) is 13.4. The van der Waals surface area contributed by atoms with Crippen molar-refractivity contribution in [2.75, 3.05) is 7.11 Å². The number of aromatic amines is 2. The van der Waals surface area contributed by atoms with Crippen LogP contribution in [-0.2, 0) is 0 Å². The Morgan fingerprint density at radius 1 is 1.14 bits per heavy atom. The second-order valence-electron chi connectivity index (χ2n) is 7.71. The van der Waals surface area contributed by atoms with Gasteiger partial charge in [0.1, 0.15) is 11.3 Å². The van der Waals surface area contributed by atoms with Crippen LogP contribution in [0.5, 0.6) is 5.75 Å². The average molecular weight is 380 g/mol. The highest BCUT2D eigenvalue weighted by molar-refractivity contribution is 6.04. The van der Waals surface area contributed by atoms with Crippen LogP contribution in [0.2, 0.25) is 0 Å². The van der Waals surface area contributed by atoms with Gasteiger partial charge in [-0.05, 0) is 50.8 Å². The summed E-state index contributed by atoms with van der Waals surface area (Å²) in [5.41, 5.74) is 3.31. The van der Waals surface area contributed by atoms with Crippen molar-refractivity contribution in [1.82, 2.24) is 14.6 Å². The molecule has 1 aliphatic carbocycles. The molecule has 0 bridgehead atoms. The Hall–Kier alpha value is -3.09. The Balaban J connectivity index is 1.79. The number of H-pyrrole nitrogens is 2. The van der Waals surface area contributed by atoms with Gasteiger partial charge in [-0.3, -0.25) is 4.79 Å². The van der Waals surface area contributed by atoms with Gasteiger partial charge >= 0.3 is 11.2 Å². The van der Waals surface area contributed by atoms with Gasteiger partial charge in [-0.25, -0.2) is 4.79 Å². The number of allylic oxidation sites excluding steroid dienone is 2. The van der Waals surface area contributed by atoms with Gasteiger partial charge in [-0.2, -0.15) is 5.10 Å². The van der Waals surface area contributed by atoms with Gasteiger partial charge in [0.25, 0.3) is 0 Å². The number of ether oxygens (including phenoxy) is 1. The summed E-state index contributed by atoms with van der Waals surface area (Å²) in [4.78, 5) is 31.3. The van der Waals surface area contributed by atoms with Gasteiger partial charge in [-0.1, -0.05) is 18.1 Å². The van der Waals surface area contributed by atoms with E-state index < -0.39 is 11.2 Å². The molecule has 2 aromatic heterocycles. The van der Waals surface area contributed by atoms with Crippen molar-refractivity contribution < 1.29 is 4.74 Å². The number of hydrogen-bond acceptors (Lipinski definition) is 4. The maximum atomic E-state index is 12.9. The first kappa shape index (κ1) is 18.3. The third-order valence-electron chi connectivity index (χ3n) is 5.84. The third kappa shape index (κ3) is 2.96. The number of rotatable bonds is 3. The lowest BCUT2D eigenvalue weighted by molar-refractivity contribution is 0.415. The lowest BCUT2D eigenvalue weighted by Crippen LogP contribution is -2.33. The summed E-state index contributed by atoms with van der Waals surface area (Å²) < 4.78 is 6.15. The predicted octanol–water partition coefficient (Wildman–Crippen LogP) is 3.40. The summed E-state index contributed by atoms with van der Waals surface area (Å²) in [5, 5.41) is 4.99. The molecule has 28 heavy (non-hydrogen) atoms. The quantitative estimate of drug-likeness (QED) is 0.539. The molecule has 1 aromatic carbocycles. The molecule has 0 saturated heterocycles. The van der Waals surface area contributed by atoms with E-state index in [0.29, 0.717) is 22.7 Å². The lowest BCUT2D eigenvalue weighted by Gasteiger charge is -2.27. The molecule has 0 saturated carbocycles. The van der Waals surface area contributed by atoms with Crippen LogP contribution < -0.4 is 16.0 Å². The molecule has 146 valence electrons. The molecule has 2 N–H and O–H groups in total. The molecule has 1 aliphatic rings. The van der Waals surface area contributed by atoms with Crippen LogP contribution >= 0.6 is 0 Å². The van der Waals surface area contributed by atoms with E-state index in [0.717, 1.165) is 28.4 Å². The Kier molecular flexibility index (Phi) is 4.45. The van der Waals surface area contributed by atoms with Crippen LogP contribution in [0, 0.1) is 11.8 Å². The fourth-order valence-electron chi connectivity index (χ4n) is 3.94. The van der Waals surface area contributed by atoms with E-state index in [1.165, 1.54) is 11.1 Å². The zero-order valence-electron chi connectivity index (χ0n) is 16.5. The molecule has 7 heteroatoms. The smallest absolute Gasteiger partial charge is 0.350 e. The summed E-state index contributed by atoms with van der Waals surface area (Å²) in [5.74, 6) is 1.28. The molecular weight excluding hydrogens is 356 g/mol. The number of methoxy groups -OCH3 is 1. The minimum Gasteiger partial charge on any atom is -0.497 e. The second-order valence-corrected chi connectivity index (χ2v) is 7.71. The van der Waals surface area contributed by atoms with Gasteiger partial charge in [0.05, 0.1) is 12.6 Å². The van der Waals surface area contributed by atoms with Crippen LogP contribution in [0.15, 0.2) is 44.0 Å². The molecule has 0 aliphatic heterocycles. The average Bonchev–Trinajstić information content (AvgIpc) is 3.03. The van der Waals surface area contributed by atoms with Crippen molar-refractivity contribution in [3.05, 3.63) is 50.2 Å². The fraction of sp³-hybridized carbons (Fsp3) is 0.381. The van der Waals surface area contributed by atoms with Crippen molar-refractivity contribution in [3.8, 4) is 5.75 Å². The molecule has 4 rings (SSSR count). The van der Waals surface area contributed by atoms with Crippen LogP contribution in [0.3, 0.4) is 0 Å². The largest absolute Gasteiger partial charge is 0.497 e. The molecule has 2 heterocycles. The lowest BCUT2D eigenvalue weighted by atomic mass is 9.78. The monoisotopic (exact) mass is 380 g/mol. The van der Waals surface area contributed by atoms with Gasteiger partial charge in [0.15, 0.2) is 0 Å². The molecule has 0 radical (unpaired) electrons. The zero-order valence-corrected chi connectivity index (χ0v) is 16.5. The maximum Gasteiger partial charge on any atom is 0.350 e. The summed E-state index contributed by atoms with van der Waals surface area (Å²) in [6.45, 7) is 6.47. The normalized spacial score (nSPS) is 20.6. The van der Waals surface area contributed by atoms with Crippen molar-refractivity contribution in [2.45, 2.75) is 33.6 Å². The molecule has 0 fully saturated rings. The van der Waals surface area contributed by atoms with E-state index in [1.807, 2.05) is 6.07 Å². The fourth-order valence-corrected chi connectivity index (χ4v) is 3.94. The van der Waals surface area contributed by atoms with E-state index in [1.54, 1.807) is 25.5 Å². The van der Waals surface area contributed by atoms with E-state index in [9.17, 15) is 9.59 Å². The summed E-state index contributed by atoms with van der Waals surface area (Å²) in [7, 11) is 1.57. The highest BCUT2D eigenvalue weighted by atomic mass is 16.5. The molecule has 0 spiro atoms. The van der Waals surface area contributed by atoms with E-state index in [-0.39, 0.29) is 5.92 Å². The van der Waals surface area contributed by atoms with Gasteiger partial charge in [0.2, 0.25) is 0 Å². The predicted molar refractivity (Wildman–Crippen MR) is 111 cm³/mol. The molecule has 2 atom stereocenters. The molecule has 3 aromatic rings. The Morgan fingerprint density at radius 2 is 1.89 bits per heavy atom. The van der Waals surface area contributed by atoms with Crippen molar-refractivity contribution >= 4 is 28.2 Å². The zero-order chi connectivity index (χ0) is 20.0. The highest BCUT2D eigenvalue weighted by Gasteiger charge is 2.22. The van der Waals surface area contributed by atoms with Crippen LogP contribution in [0.4, 0.5) is 0 Å². The minimum absolute atomic E-state index is 0.206. The van der Waals surface area contributed by atoms with E-state index in [2.05, 4.69) is 35.8 Å². The Morgan fingerprint density at radius 3 is 2.64 bits per heavy atom. The highest BCUT2D eigenvalue weighted by Crippen LogP contribution is 2.32. The van der Waals surface area contributed by atoms with Crippen molar-refractivity contribution in [1.29, 1.82) is 0 Å². The molecule has 0 unspecified atom stereocenters. The van der Waals surface area contributed by atoms with Crippen LogP contribution in [-0.4, -0.2) is 28.0 Å². The van der Waals surface area contributed by atoms with Gasteiger partial charge in [0, 0.05) is 23.0 Å². The topological polar surface area (TPSA) is 92.2 Å².